The third-order valence-electron chi connectivity index (χ3n) is 3.00. The second-order valence-corrected chi connectivity index (χ2v) is 4.59. The third-order valence-corrected chi connectivity index (χ3v) is 3.00. The van der Waals surface area contributed by atoms with E-state index in [9.17, 15) is 0 Å². The van der Waals surface area contributed by atoms with Crippen LogP contribution in [-0.4, -0.2) is 20.3 Å². The van der Waals surface area contributed by atoms with Gasteiger partial charge >= 0.3 is 0 Å². The molecule has 0 saturated heterocycles. The Morgan fingerprint density at radius 2 is 1.37 bits per heavy atom. The quantitative estimate of drug-likeness (QED) is 0.725. The van der Waals surface area contributed by atoms with Crippen molar-refractivity contribution >= 4 is 0 Å². The van der Waals surface area contributed by atoms with Crippen LogP contribution in [0.5, 0.6) is 5.75 Å². The van der Waals surface area contributed by atoms with Crippen LogP contribution >= 0.6 is 0 Å². The first-order chi connectivity index (χ1) is 9.29. The molecule has 0 N–H and O–H groups in total. The summed E-state index contributed by atoms with van der Waals surface area (Å²) in [5, 5.41) is 0. The number of aryl methyl sites for hydroxylation is 1. The largest absolute Gasteiger partial charge is 0.494 e. The molecule has 0 atom stereocenters. The summed E-state index contributed by atoms with van der Waals surface area (Å²) >= 11 is 0. The minimum Gasteiger partial charge on any atom is -0.494 e. The Hall–Kier alpha value is -1.80. The number of hydrogen-bond donors (Lipinski definition) is 0. The molecule has 0 aromatic heterocycles. The predicted molar refractivity (Wildman–Crippen MR) is 78.6 cm³/mol. The summed E-state index contributed by atoms with van der Waals surface area (Å²) in [5.74, 6) is 0.909. The fourth-order valence-electron chi connectivity index (χ4n) is 1.88. The van der Waals surface area contributed by atoms with Gasteiger partial charge in [-0.05, 0) is 30.2 Å². The van der Waals surface area contributed by atoms with Crippen LogP contribution in [0.15, 0.2) is 48.5 Å². The molecule has 2 heteroatoms. The molecule has 2 aromatic carbocycles. The molecule has 2 aromatic rings. The summed E-state index contributed by atoms with van der Waals surface area (Å²) in [6.45, 7) is 3.53. The van der Waals surface area contributed by atoms with Gasteiger partial charge in [-0.15, -0.1) is 0 Å². The smallest absolute Gasteiger partial charge is 0.119 e. The highest BCUT2D eigenvalue weighted by molar-refractivity contribution is 5.64. The lowest BCUT2D eigenvalue weighted by Gasteiger charge is -2.07. The van der Waals surface area contributed by atoms with Crippen LogP contribution in [0.2, 0.25) is 0 Å². The standard InChI is InChI=1S/C17H20O2/c1-14-4-6-15(7-5-14)16-8-10-17(11-9-16)19-13-3-12-18-2/h4-11H,3,12-13H2,1-2H3. The molecule has 0 heterocycles. The maximum Gasteiger partial charge on any atom is 0.119 e. The van der Waals surface area contributed by atoms with E-state index in [2.05, 4.69) is 43.3 Å². The van der Waals surface area contributed by atoms with Gasteiger partial charge in [0.25, 0.3) is 0 Å². The molecule has 0 aliphatic rings. The van der Waals surface area contributed by atoms with Gasteiger partial charge in [0.1, 0.15) is 5.75 Å². The second-order valence-electron chi connectivity index (χ2n) is 4.59. The van der Waals surface area contributed by atoms with E-state index in [-0.39, 0.29) is 0 Å². The van der Waals surface area contributed by atoms with Crippen molar-refractivity contribution < 1.29 is 9.47 Å². The zero-order valence-electron chi connectivity index (χ0n) is 11.6. The maximum absolute atomic E-state index is 5.64. The van der Waals surface area contributed by atoms with Gasteiger partial charge in [-0.1, -0.05) is 42.0 Å². The van der Waals surface area contributed by atoms with E-state index in [0.717, 1.165) is 18.8 Å². The minimum atomic E-state index is 0.692. The molecule has 100 valence electrons. The van der Waals surface area contributed by atoms with Crippen LogP contribution in [0, 0.1) is 6.92 Å². The molecule has 2 nitrogen and oxygen atoms in total. The van der Waals surface area contributed by atoms with Crippen LogP contribution in [0.3, 0.4) is 0 Å². The topological polar surface area (TPSA) is 18.5 Å². The molecule has 0 aliphatic carbocycles. The van der Waals surface area contributed by atoms with E-state index in [1.54, 1.807) is 7.11 Å². The number of methoxy groups -OCH3 is 1. The minimum absolute atomic E-state index is 0.692. The summed E-state index contributed by atoms with van der Waals surface area (Å²) < 4.78 is 10.6. The Morgan fingerprint density at radius 3 is 1.95 bits per heavy atom. The van der Waals surface area contributed by atoms with Gasteiger partial charge in [0.2, 0.25) is 0 Å². The first-order valence-electron chi connectivity index (χ1n) is 6.58. The Bertz CT molecular complexity index is 486. The number of hydrogen-bond acceptors (Lipinski definition) is 2. The summed E-state index contributed by atoms with van der Waals surface area (Å²) in [4.78, 5) is 0. The number of rotatable bonds is 6. The van der Waals surface area contributed by atoms with Gasteiger partial charge in [0.05, 0.1) is 6.61 Å². The second kappa shape index (κ2) is 6.95. The molecule has 19 heavy (non-hydrogen) atoms. The van der Waals surface area contributed by atoms with Crippen molar-refractivity contribution in [2.75, 3.05) is 20.3 Å². The van der Waals surface area contributed by atoms with Gasteiger partial charge in [-0.3, -0.25) is 0 Å². The van der Waals surface area contributed by atoms with Gasteiger partial charge < -0.3 is 9.47 Å². The van der Waals surface area contributed by atoms with Crippen molar-refractivity contribution in [2.24, 2.45) is 0 Å². The van der Waals surface area contributed by atoms with E-state index in [1.165, 1.54) is 16.7 Å². The lowest BCUT2D eigenvalue weighted by molar-refractivity contribution is 0.172. The van der Waals surface area contributed by atoms with Crippen molar-refractivity contribution in [2.45, 2.75) is 13.3 Å². The lowest BCUT2D eigenvalue weighted by atomic mass is 10.0. The Labute approximate surface area is 115 Å². The fraction of sp³-hybridized carbons (Fsp3) is 0.294. The summed E-state index contributed by atoms with van der Waals surface area (Å²) in [5.41, 5.74) is 3.72. The number of ether oxygens (including phenoxy) is 2. The molecule has 0 aliphatic heterocycles. The fourth-order valence-corrected chi connectivity index (χ4v) is 1.88. The van der Waals surface area contributed by atoms with Crippen LogP contribution in [0.4, 0.5) is 0 Å². The van der Waals surface area contributed by atoms with Crippen molar-refractivity contribution in [3.63, 3.8) is 0 Å². The first-order valence-corrected chi connectivity index (χ1v) is 6.58. The molecule has 0 radical (unpaired) electrons. The predicted octanol–water partition coefficient (Wildman–Crippen LogP) is 4.08. The lowest BCUT2D eigenvalue weighted by Crippen LogP contribution is -2.01. The molecular formula is C17H20O2. The van der Waals surface area contributed by atoms with Gasteiger partial charge in [0, 0.05) is 20.1 Å². The number of benzene rings is 2. The average Bonchev–Trinajstić information content (AvgIpc) is 2.45. The van der Waals surface area contributed by atoms with Crippen LogP contribution in [0.25, 0.3) is 11.1 Å². The maximum atomic E-state index is 5.64. The Morgan fingerprint density at radius 1 is 0.789 bits per heavy atom. The molecule has 0 unspecified atom stereocenters. The van der Waals surface area contributed by atoms with Crippen molar-refractivity contribution in [3.05, 3.63) is 54.1 Å². The summed E-state index contributed by atoms with van der Waals surface area (Å²) in [6, 6.07) is 16.8. The highest BCUT2D eigenvalue weighted by atomic mass is 16.5. The average molecular weight is 256 g/mol. The molecular weight excluding hydrogens is 236 g/mol. The molecule has 0 spiro atoms. The van der Waals surface area contributed by atoms with Crippen molar-refractivity contribution in [1.29, 1.82) is 0 Å². The van der Waals surface area contributed by atoms with E-state index >= 15 is 0 Å². The van der Waals surface area contributed by atoms with Crippen molar-refractivity contribution in [3.8, 4) is 16.9 Å². The van der Waals surface area contributed by atoms with Gasteiger partial charge in [0.15, 0.2) is 0 Å². The van der Waals surface area contributed by atoms with Crippen LogP contribution < -0.4 is 4.74 Å². The van der Waals surface area contributed by atoms with E-state index in [4.69, 9.17) is 9.47 Å². The Kier molecular flexibility index (Phi) is 4.99. The molecule has 0 amide bonds. The van der Waals surface area contributed by atoms with Crippen LogP contribution in [-0.2, 0) is 4.74 Å². The Balaban J connectivity index is 1.96. The molecule has 0 saturated carbocycles. The normalized spacial score (nSPS) is 10.4. The zero-order chi connectivity index (χ0) is 13.5. The van der Waals surface area contributed by atoms with E-state index in [1.807, 2.05) is 12.1 Å². The monoisotopic (exact) mass is 256 g/mol. The molecule has 0 bridgehead atoms. The molecule has 0 fully saturated rings. The highest BCUT2D eigenvalue weighted by Crippen LogP contribution is 2.22. The SMILES string of the molecule is COCCCOc1ccc(-c2ccc(C)cc2)cc1. The van der Waals surface area contributed by atoms with Crippen molar-refractivity contribution in [1.82, 2.24) is 0 Å². The molecule has 2 rings (SSSR count). The summed E-state index contributed by atoms with van der Waals surface area (Å²) in [7, 11) is 1.70. The van der Waals surface area contributed by atoms with E-state index in [0.29, 0.717) is 6.61 Å². The van der Waals surface area contributed by atoms with Crippen LogP contribution in [0.1, 0.15) is 12.0 Å². The highest BCUT2D eigenvalue weighted by Gasteiger charge is 1.98. The summed E-state index contributed by atoms with van der Waals surface area (Å²) in [6.07, 6.45) is 0.913. The first kappa shape index (κ1) is 13.6. The van der Waals surface area contributed by atoms with Gasteiger partial charge in [-0.2, -0.15) is 0 Å². The van der Waals surface area contributed by atoms with Gasteiger partial charge in [-0.25, -0.2) is 0 Å². The zero-order valence-corrected chi connectivity index (χ0v) is 11.6. The third kappa shape index (κ3) is 4.11. The van der Waals surface area contributed by atoms with E-state index < -0.39 is 0 Å².